The fraction of sp³-hybridized carbons (Fsp3) is 0.200. The minimum absolute atomic E-state index is 0.0719. The van der Waals surface area contributed by atoms with Gasteiger partial charge in [0.1, 0.15) is 12.2 Å². The third-order valence-corrected chi connectivity index (χ3v) is 6.17. The summed E-state index contributed by atoms with van der Waals surface area (Å²) in [5.41, 5.74) is 2.58. The van der Waals surface area contributed by atoms with Crippen LogP contribution in [0.2, 0.25) is 0 Å². The smallest absolute Gasteiger partial charge is 0.255 e. The lowest BCUT2D eigenvalue weighted by Gasteiger charge is -2.35. The maximum absolute atomic E-state index is 12.7. The molecular formula is C25H23BrN4O3. The van der Waals surface area contributed by atoms with Gasteiger partial charge in [0.25, 0.3) is 5.91 Å². The third kappa shape index (κ3) is 5.64. The molecule has 1 fully saturated rings. The second-order valence-corrected chi connectivity index (χ2v) is 8.53. The number of carbonyl (C=O) groups excluding carboxylic acids is 3. The molecule has 3 aromatic rings. The molecule has 1 aromatic heterocycles. The Bertz CT molecular complexity index is 1140. The highest BCUT2D eigenvalue weighted by atomic mass is 79.9. The number of pyridine rings is 1. The van der Waals surface area contributed by atoms with E-state index in [1.54, 1.807) is 28.1 Å². The van der Waals surface area contributed by atoms with E-state index in [9.17, 15) is 14.4 Å². The number of hydrogen-bond donors (Lipinski definition) is 1. The Balaban J connectivity index is 1.26. The Hall–Kier alpha value is -3.52. The molecule has 1 aliphatic heterocycles. The van der Waals surface area contributed by atoms with E-state index in [1.165, 1.54) is 0 Å². The number of rotatable bonds is 5. The zero-order valence-corrected chi connectivity index (χ0v) is 19.5. The first-order chi connectivity index (χ1) is 16.0. The van der Waals surface area contributed by atoms with Gasteiger partial charge < -0.3 is 15.1 Å². The van der Waals surface area contributed by atoms with Gasteiger partial charge in [-0.05, 0) is 45.8 Å². The van der Waals surface area contributed by atoms with Gasteiger partial charge in [-0.25, -0.2) is 4.98 Å². The maximum atomic E-state index is 12.7. The molecule has 4 rings (SSSR count). The molecule has 7 nitrogen and oxygen atoms in total. The first-order valence-electron chi connectivity index (χ1n) is 10.6. The van der Waals surface area contributed by atoms with E-state index < -0.39 is 5.91 Å². The molecule has 3 amide bonds. The van der Waals surface area contributed by atoms with Crippen LogP contribution in [-0.4, -0.2) is 58.7 Å². The summed E-state index contributed by atoms with van der Waals surface area (Å²) in [6, 6.07) is 20.7. The summed E-state index contributed by atoms with van der Waals surface area (Å²) >= 11 is 3.41. The fourth-order valence-electron chi connectivity index (χ4n) is 3.67. The summed E-state index contributed by atoms with van der Waals surface area (Å²) in [4.78, 5) is 45.3. The summed E-state index contributed by atoms with van der Waals surface area (Å²) in [7, 11) is 0. The van der Waals surface area contributed by atoms with Crippen molar-refractivity contribution in [3.63, 3.8) is 0 Å². The van der Waals surface area contributed by atoms with Crippen molar-refractivity contribution in [2.24, 2.45) is 0 Å². The molecule has 8 heteroatoms. The van der Waals surface area contributed by atoms with Crippen LogP contribution in [0.25, 0.3) is 11.1 Å². The summed E-state index contributed by atoms with van der Waals surface area (Å²) < 4.78 is 0.746. The van der Waals surface area contributed by atoms with Gasteiger partial charge in [0.15, 0.2) is 0 Å². The molecule has 0 saturated carbocycles. The van der Waals surface area contributed by atoms with Crippen LogP contribution in [0.5, 0.6) is 0 Å². The molecule has 1 aliphatic rings. The van der Waals surface area contributed by atoms with Gasteiger partial charge in [0.2, 0.25) is 11.8 Å². The van der Waals surface area contributed by atoms with Gasteiger partial charge in [-0.1, -0.05) is 42.5 Å². The first kappa shape index (κ1) is 22.7. The minimum atomic E-state index is -0.410. The van der Waals surface area contributed by atoms with Gasteiger partial charge in [0.05, 0.1) is 5.56 Å². The molecule has 0 radical (unpaired) electrons. The summed E-state index contributed by atoms with van der Waals surface area (Å²) in [6.45, 7) is 1.64. The molecule has 1 saturated heterocycles. The molecule has 2 heterocycles. The Labute approximate surface area is 200 Å². The monoisotopic (exact) mass is 506 g/mol. The number of piperazine rings is 1. The van der Waals surface area contributed by atoms with Crippen molar-refractivity contribution >= 4 is 39.5 Å². The second kappa shape index (κ2) is 10.4. The second-order valence-electron chi connectivity index (χ2n) is 7.68. The molecule has 0 spiro atoms. The number of aromatic nitrogens is 1. The van der Waals surface area contributed by atoms with Crippen molar-refractivity contribution < 1.29 is 14.4 Å². The van der Waals surface area contributed by atoms with Crippen LogP contribution in [0, 0.1) is 0 Å². The Morgan fingerprint density at radius 3 is 2.15 bits per heavy atom. The van der Waals surface area contributed by atoms with Crippen LogP contribution in [-0.2, 0) is 9.59 Å². The number of amides is 3. The van der Waals surface area contributed by atoms with Gasteiger partial charge in [-0.15, -0.1) is 0 Å². The van der Waals surface area contributed by atoms with Crippen molar-refractivity contribution in [1.82, 2.24) is 14.8 Å². The number of anilines is 1. The van der Waals surface area contributed by atoms with Crippen LogP contribution in [0.3, 0.4) is 0 Å². The highest BCUT2D eigenvalue weighted by molar-refractivity contribution is 9.10. The summed E-state index contributed by atoms with van der Waals surface area (Å²) in [5, 5.41) is 2.68. The maximum Gasteiger partial charge on any atom is 0.255 e. The quantitative estimate of drug-likeness (QED) is 0.533. The number of halogens is 1. The van der Waals surface area contributed by atoms with Crippen LogP contribution in [0.1, 0.15) is 16.8 Å². The van der Waals surface area contributed by atoms with Gasteiger partial charge in [-0.2, -0.15) is 0 Å². The van der Waals surface area contributed by atoms with Crippen molar-refractivity contribution in [3.8, 4) is 11.1 Å². The van der Waals surface area contributed by atoms with E-state index in [4.69, 9.17) is 0 Å². The standard InChI is InChI=1S/C25H23BrN4O3/c26-21-9-5-4-8-20(21)25(33)30-14-12-29(13-15-30)24(32)16-23(31)28-22-11-10-19(17-27-22)18-6-2-1-3-7-18/h1-11,17H,12-16H2,(H,27,28,31). The molecule has 0 bridgehead atoms. The Morgan fingerprint density at radius 1 is 0.818 bits per heavy atom. The molecule has 0 aliphatic carbocycles. The van der Waals surface area contributed by atoms with E-state index in [0.717, 1.165) is 15.6 Å². The molecule has 33 heavy (non-hydrogen) atoms. The average molecular weight is 507 g/mol. The van der Waals surface area contributed by atoms with E-state index in [1.807, 2.05) is 54.6 Å². The lowest BCUT2D eigenvalue weighted by molar-refractivity contribution is -0.135. The Kier molecular flexibility index (Phi) is 7.14. The lowest BCUT2D eigenvalue weighted by atomic mass is 10.1. The highest BCUT2D eigenvalue weighted by Gasteiger charge is 2.26. The molecule has 0 atom stereocenters. The first-order valence-corrected chi connectivity index (χ1v) is 11.4. The zero-order valence-electron chi connectivity index (χ0n) is 17.9. The molecular weight excluding hydrogens is 484 g/mol. The van der Waals surface area contributed by atoms with E-state index in [0.29, 0.717) is 37.6 Å². The fourth-order valence-corrected chi connectivity index (χ4v) is 4.12. The molecule has 168 valence electrons. The van der Waals surface area contributed by atoms with Gasteiger partial charge in [0, 0.05) is 42.4 Å². The van der Waals surface area contributed by atoms with Crippen molar-refractivity contribution in [2.75, 3.05) is 31.5 Å². The average Bonchev–Trinajstić information content (AvgIpc) is 2.85. The van der Waals surface area contributed by atoms with E-state index in [-0.39, 0.29) is 18.2 Å². The lowest BCUT2D eigenvalue weighted by Crippen LogP contribution is -2.51. The predicted octanol–water partition coefficient (Wildman–Crippen LogP) is 3.82. The number of benzene rings is 2. The van der Waals surface area contributed by atoms with Crippen molar-refractivity contribution in [1.29, 1.82) is 0 Å². The molecule has 0 unspecified atom stereocenters. The summed E-state index contributed by atoms with van der Waals surface area (Å²) in [5.74, 6) is -0.346. The van der Waals surface area contributed by atoms with Crippen LogP contribution < -0.4 is 5.32 Å². The Morgan fingerprint density at radius 2 is 1.48 bits per heavy atom. The normalized spacial score (nSPS) is 13.5. The largest absolute Gasteiger partial charge is 0.339 e. The van der Waals surface area contributed by atoms with Crippen LogP contribution in [0.15, 0.2) is 77.4 Å². The number of hydrogen-bond acceptors (Lipinski definition) is 4. The van der Waals surface area contributed by atoms with Crippen molar-refractivity contribution in [2.45, 2.75) is 6.42 Å². The van der Waals surface area contributed by atoms with E-state index in [2.05, 4.69) is 26.2 Å². The number of nitrogens with zero attached hydrogens (tertiary/aromatic N) is 3. The predicted molar refractivity (Wildman–Crippen MR) is 130 cm³/mol. The van der Waals surface area contributed by atoms with Crippen LogP contribution >= 0.6 is 15.9 Å². The highest BCUT2D eigenvalue weighted by Crippen LogP contribution is 2.20. The van der Waals surface area contributed by atoms with Crippen LogP contribution in [0.4, 0.5) is 5.82 Å². The topological polar surface area (TPSA) is 82.6 Å². The summed E-state index contributed by atoms with van der Waals surface area (Å²) in [6.07, 6.45) is 1.42. The molecule has 2 aromatic carbocycles. The third-order valence-electron chi connectivity index (χ3n) is 5.47. The molecule has 1 N–H and O–H groups in total. The number of nitrogens with one attached hydrogen (secondary N) is 1. The van der Waals surface area contributed by atoms with Crippen molar-refractivity contribution in [3.05, 3.63) is 83.0 Å². The van der Waals surface area contributed by atoms with Gasteiger partial charge >= 0.3 is 0 Å². The minimum Gasteiger partial charge on any atom is -0.339 e. The SMILES string of the molecule is O=C(CC(=O)N1CCN(C(=O)c2ccccc2Br)CC1)Nc1ccc(-c2ccccc2)cn1. The van der Waals surface area contributed by atoms with Gasteiger partial charge in [-0.3, -0.25) is 14.4 Å². The number of carbonyl (C=O) groups is 3. The zero-order chi connectivity index (χ0) is 23.2. The van der Waals surface area contributed by atoms with E-state index >= 15 is 0 Å².